The molecule has 0 aromatic heterocycles. The summed E-state index contributed by atoms with van der Waals surface area (Å²) in [5.41, 5.74) is 11.0. The van der Waals surface area contributed by atoms with Gasteiger partial charge in [0.1, 0.15) is 5.75 Å². The van der Waals surface area contributed by atoms with Gasteiger partial charge >= 0.3 is 0 Å². The second-order valence-corrected chi connectivity index (χ2v) is 4.58. The molecule has 1 atom stereocenters. The van der Waals surface area contributed by atoms with Crippen molar-refractivity contribution in [1.29, 1.82) is 0 Å². The number of methoxy groups -OCH3 is 1. The third kappa shape index (κ3) is 2.39. The largest absolute Gasteiger partial charge is 0.496 e. The summed E-state index contributed by atoms with van der Waals surface area (Å²) in [5, 5.41) is 0. The number of para-hydroxylation sites is 1. The molecule has 0 radical (unpaired) electrons. The molecule has 0 saturated heterocycles. The Hall–Kier alpha value is -1.80. The van der Waals surface area contributed by atoms with Gasteiger partial charge in [0.2, 0.25) is 0 Å². The van der Waals surface area contributed by atoms with E-state index in [2.05, 4.69) is 32.0 Å². The molecular weight excluding hydrogens is 222 g/mol. The summed E-state index contributed by atoms with van der Waals surface area (Å²) >= 11 is 0. The first kappa shape index (κ1) is 12.7. The lowest BCUT2D eigenvalue weighted by Gasteiger charge is -2.18. The van der Waals surface area contributed by atoms with E-state index in [0.29, 0.717) is 0 Å². The molecule has 2 aromatic rings. The molecular formula is C16H19NO. The molecule has 0 aliphatic rings. The Morgan fingerprint density at radius 1 is 1.00 bits per heavy atom. The first-order valence-corrected chi connectivity index (χ1v) is 6.09. The van der Waals surface area contributed by atoms with Crippen molar-refractivity contribution in [2.24, 2.45) is 5.73 Å². The number of benzene rings is 2. The topological polar surface area (TPSA) is 35.2 Å². The Morgan fingerprint density at radius 3 is 2.39 bits per heavy atom. The van der Waals surface area contributed by atoms with Gasteiger partial charge in [0.25, 0.3) is 0 Å². The summed E-state index contributed by atoms with van der Waals surface area (Å²) < 4.78 is 5.37. The Bertz CT molecular complexity index is 549. The quantitative estimate of drug-likeness (QED) is 0.894. The molecule has 94 valence electrons. The zero-order valence-electron chi connectivity index (χ0n) is 11.1. The first-order chi connectivity index (χ1) is 8.63. The van der Waals surface area contributed by atoms with E-state index in [9.17, 15) is 0 Å². The normalized spacial score (nSPS) is 12.2. The summed E-state index contributed by atoms with van der Waals surface area (Å²) in [6.07, 6.45) is 0. The van der Waals surface area contributed by atoms with Crippen LogP contribution in [0.5, 0.6) is 5.75 Å². The Balaban J connectivity index is 2.44. The van der Waals surface area contributed by atoms with Crippen molar-refractivity contribution < 1.29 is 4.74 Å². The number of nitrogens with two attached hydrogens (primary N) is 1. The van der Waals surface area contributed by atoms with Crippen molar-refractivity contribution in [2.75, 3.05) is 7.11 Å². The van der Waals surface area contributed by atoms with Crippen LogP contribution in [-0.4, -0.2) is 7.11 Å². The van der Waals surface area contributed by atoms with Gasteiger partial charge in [-0.05, 0) is 31.0 Å². The van der Waals surface area contributed by atoms with Crippen molar-refractivity contribution >= 4 is 0 Å². The van der Waals surface area contributed by atoms with Gasteiger partial charge in [0.15, 0.2) is 0 Å². The number of aryl methyl sites for hydroxylation is 2. The van der Waals surface area contributed by atoms with Crippen LogP contribution in [-0.2, 0) is 0 Å². The lowest BCUT2D eigenvalue weighted by molar-refractivity contribution is 0.408. The SMILES string of the molecule is COc1ccccc1C(N)c1ccc(C)cc1C. The predicted molar refractivity (Wildman–Crippen MR) is 74.9 cm³/mol. The molecule has 2 nitrogen and oxygen atoms in total. The average Bonchev–Trinajstić information content (AvgIpc) is 2.38. The lowest BCUT2D eigenvalue weighted by Crippen LogP contribution is -2.14. The Morgan fingerprint density at radius 2 is 1.72 bits per heavy atom. The third-order valence-electron chi connectivity index (χ3n) is 3.23. The molecule has 0 aliphatic heterocycles. The van der Waals surface area contributed by atoms with E-state index in [1.165, 1.54) is 11.1 Å². The predicted octanol–water partition coefficient (Wildman–Crippen LogP) is 3.36. The van der Waals surface area contributed by atoms with Crippen LogP contribution in [0.25, 0.3) is 0 Å². The van der Waals surface area contributed by atoms with Crippen LogP contribution in [0.4, 0.5) is 0 Å². The molecule has 2 N–H and O–H groups in total. The van der Waals surface area contributed by atoms with Crippen molar-refractivity contribution in [3.05, 3.63) is 64.7 Å². The zero-order valence-corrected chi connectivity index (χ0v) is 11.1. The van der Waals surface area contributed by atoms with Gasteiger partial charge in [0.05, 0.1) is 13.2 Å². The Kier molecular flexibility index (Phi) is 3.68. The standard InChI is InChI=1S/C16H19NO/c1-11-8-9-13(12(2)10-11)16(17)14-6-4-5-7-15(14)18-3/h4-10,16H,17H2,1-3H3. The van der Waals surface area contributed by atoms with Gasteiger partial charge in [-0.3, -0.25) is 0 Å². The second-order valence-electron chi connectivity index (χ2n) is 4.58. The van der Waals surface area contributed by atoms with E-state index < -0.39 is 0 Å². The second kappa shape index (κ2) is 5.23. The molecule has 0 saturated carbocycles. The van der Waals surface area contributed by atoms with Gasteiger partial charge in [-0.1, -0.05) is 42.0 Å². The smallest absolute Gasteiger partial charge is 0.123 e. The monoisotopic (exact) mass is 241 g/mol. The van der Waals surface area contributed by atoms with E-state index in [-0.39, 0.29) is 6.04 Å². The summed E-state index contributed by atoms with van der Waals surface area (Å²) in [4.78, 5) is 0. The molecule has 2 rings (SSSR count). The van der Waals surface area contributed by atoms with E-state index in [0.717, 1.165) is 16.9 Å². The minimum atomic E-state index is -0.151. The van der Waals surface area contributed by atoms with Crippen LogP contribution >= 0.6 is 0 Å². The molecule has 0 aliphatic carbocycles. The molecule has 0 bridgehead atoms. The number of rotatable bonds is 3. The van der Waals surface area contributed by atoms with Gasteiger partial charge in [0, 0.05) is 5.56 Å². The van der Waals surface area contributed by atoms with Crippen molar-refractivity contribution in [2.45, 2.75) is 19.9 Å². The van der Waals surface area contributed by atoms with Crippen LogP contribution in [0.2, 0.25) is 0 Å². The number of hydrogen-bond donors (Lipinski definition) is 1. The molecule has 2 aromatic carbocycles. The van der Waals surface area contributed by atoms with E-state index >= 15 is 0 Å². The van der Waals surface area contributed by atoms with Crippen LogP contribution in [0, 0.1) is 13.8 Å². The average molecular weight is 241 g/mol. The first-order valence-electron chi connectivity index (χ1n) is 6.09. The number of ether oxygens (including phenoxy) is 1. The van der Waals surface area contributed by atoms with Crippen LogP contribution in [0.15, 0.2) is 42.5 Å². The molecule has 0 heterocycles. The van der Waals surface area contributed by atoms with Gasteiger partial charge < -0.3 is 10.5 Å². The van der Waals surface area contributed by atoms with E-state index in [1.807, 2.05) is 24.3 Å². The van der Waals surface area contributed by atoms with Crippen LogP contribution < -0.4 is 10.5 Å². The molecule has 1 unspecified atom stereocenters. The number of hydrogen-bond acceptors (Lipinski definition) is 2. The van der Waals surface area contributed by atoms with Gasteiger partial charge in [-0.15, -0.1) is 0 Å². The summed E-state index contributed by atoms with van der Waals surface area (Å²) in [5.74, 6) is 0.838. The maximum atomic E-state index is 6.36. The maximum Gasteiger partial charge on any atom is 0.123 e. The zero-order chi connectivity index (χ0) is 13.1. The minimum absolute atomic E-state index is 0.151. The maximum absolute atomic E-state index is 6.36. The Labute approximate surface area is 108 Å². The molecule has 18 heavy (non-hydrogen) atoms. The summed E-state index contributed by atoms with van der Waals surface area (Å²) in [6.45, 7) is 4.18. The van der Waals surface area contributed by atoms with E-state index in [1.54, 1.807) is 7.11 Å². The van der Waals surface area contributed by atoms with Crippen molar-refractivity contribution in [1.82, 2.24) is 0 Å². The fourth-order valence-electron chi connectivity index (χ4n) is 2.27. The molecule has 2 heteroatoms. The van der Waals surface area contributed by atoms with Gasteiger partial charge in [-0.2, -0.15) is 0 Å². The third-order valence-corrected chi connectivity index (χ3v) is 3.23. The van der Waals surface area contributed by atoms with Crippen molar-refractivity contribution in [3.8, 4) is 5.75 Å². The highest BCUT2D eigenvalue weighted by Crippen LogP contribution is 2.29. The lowest BCUT2D eigenvalue weighted by atomic mass is 9.94. The summed E-state index contributed by atoms with van der Waals surface area (Å²) in [6, 6.07) is 14.1. The highest BCUT2D eigenvalue weighted by Gasteiger charge is 2.15. The van der Waals surface area contributed by atoms with E-state index in [4.69, 9.17) is 10.5 Å². The minimum Gasteiger partial charge on any atom is -0.496 e. The van der Waals surface area contributed by atoms with Crippen LogP contribution in [0.3, 0.4) is 0 Å². The molecule has 0 amide bonds. The summed E-state index contributed by atoms with van der Waals surface area (Å²) in [7, 11) is 1.67. The van der Waals surface area contributed by atoms with Gasteiger partial charge in [-0.25, -0.2) is 0 Å². The fraction of sp³-hybridized carbons (Fsp3) is 0.250. The van der Waals surface area contributed by atoms with Crippen LogP contribution in [0.1, 0.15) is 28.3 Å². The highest BCUT2D eigenvalue weighted by molar-refractivity contribution is 5.44. The highest BCUT2D eigenvalue weighted by atomic mass is 16.5. The molecule has 0 spiro atoms. The van der Waals surface area contributed by atoms with Crippen molar-refractivity contribution in [3.63, 3.8) is 0 Å². The molecule has 0 fully saturated rings. The fourth-order valence-corrected chi connectivity index (χ4v) is 2.27.